The third kappa shape index (κ3) is 2.75. The molecule has 3 rings (SSSR count). The summed E-state index contributed by atoms with van der Waals surface area (Å²) in [5.74, 6) is -0.304. The van der Waals surface area contributed by atoms with Crippen LogP contribution in [0.5, 0.6) is 0 Å². The van der Waals surface area contributed by atoms with Gasteiger partial charge in [-0.15, -0.1) is 0 Å². The lowest BCUT2D eigenvalue weighted by Gasteiger charge is -2.13. The van der Waals surface area contributed by atoms with E-state index in [4.69, 9.17) is 0 Å². The predicted octanol–water partition coefficient (Wildman–Crippen LogP) is 2.95. The van der Waals surface area contributed by atoms with Gasteiger partial charge < -0.3 is 4.57 Å². The van der Waals surface area contributed by atoms with Gasteiger partial charge in [-0.1, -0.05) is 12.1 Å². The number of aromatic nitrogens is 1. The number of imide groups is 1. The highest BCUT2D eigenvalue weighted by atomic mass is 16.2. The van der Waals surface area contributed by atoms with E-state index in [0.717, 1.165) is 25.8 Å². The number of rotatable bonds is 6. The molecule has 108 valence electrons. The number of unbranched alkanes of at least 4 members (excludes halogenated alkanes) is 2. The van der Waals surface area contributed by atoms with Crippen LogP contribution in [0, 0.1) is 0 Å². The summed E-state index contributed by atoms with van der Waals surface area (Å²) >= 11 is 0. The number of aryl methyl sites for hydroxylation is 1. The third-order valence-electron chi connectivity index (χ3n) is 3.84. The number of benzene rings is 1. The molecule has 1 aromatic heterocycles. The van der Waals surface area contributed by atoms with Crippen LogP contribution in [-0.2, 0) is 6.54 Å². The third-order valence-corrected chi connectivity index (χ3v) is 3.84. The van der Waals surface area contributed by atoms with Crippen molar-refractivity contribution < 1.29 is 9.59 Å². The second kappa shape index (κ2) is 5.95. The molecule has 0 atom stereocenters. The number of fused-ring (bicyclic) bond motifs is 1. The molecular formula is C17H18N2O2. The van der Waals surface area contributed by atoms with Crippen LogP contribution < -0.4 is 0 Å². The van der Waals surface area contributed by atoms with Gasteiger partial charge in [-0.2, -0.15) is 0 Å². The van der Waals surface area contributed by atoms with Crippen molar-refractivity contribution in [2.75, 3.05) is 6.54 Å². The molecule has 2 amide bonds. The topological polar surface area (TPSA) is 42.3 Å². The fourth-order valence-corrected chi connectivity index (χ4v) is 2.70. The molecule has 1 aromatic carbocycles. The monoisotopic (exact) mass is 282 g/mol. The molecule has 2 heterocycles. The van der Waals surface area contributed by atoms with Gasteiger partial charge in [0.25, 0.3) is 11.8 Å². The highest BCUT2D eigenvalue weighted by molar-refractivity contribution is 6.21. The molecule has 2 aromatic rings. The summed E-state index contributed by atoms with van der Waals surface area (Å²) in [5.41, 5.74) is 1.07. The lowest BCUT2D eigenvalue weighted by molar-refractivity contribution is 0.0651. The lowest BCUT2D eigenvalue weighted by Crippen LogP contribution is -2.30. The smallest absolute Gasteiger partial charge is 0.261 e. The van der Waals surface area contributed by atoms with E-state index in [1.165, 1.54) is 4.90 Å². The largest absolute Gasteiger partial charge is 0.354 e. The maximum atomic E-state index is 12.2. The van der Waals surface area contributed by atoms with Crippen LogP contribution in [0.3, 0.4) is 0 Å². The van der Waals surface area contributed by atoms with Gasteiger partial charge >= 0.3 is 0 Å². The summed E-state index contributed by atoms with van der Waals surface area (Å²) < 4.78 is 2.14. The molecule has 1 aliphatic heterocycles. The van der Waals surface area contributed by atoms with Crippen molar-refractivity contribution in [3.63, 3.8) is 0 Å². The van der Waals surface area contributed by atoms with E-state index >= 15 is 0 Å². The van der Waals surface area contributed by atoms with Crippen molar-refractivity contribution in [1.29, 1.82) is 0 Å². The van der Waals surface area contributed by atoms with Gasteiger partial charge in [-0.05, 0) is 43.5 Å². The van der Waals surface area contributed by atoms with Crippen LogP contribution >= 0.6 is 0 Å². The summed E-state index contributed by atoms with van der Waals surface area (Å²) in [4.78, 5) is 25.7. The summed E-state index contributed by atoms with van der Waals surface area (Å²) in [6, 6.07) is 11.1. The Hall–Kier alpha value is -2.36. The quantitative estimate of drug-likeness (QED) is 0.604. The minimum Gasteiger partial charge on any atom is -0.354 e. The molecule has 1 aliphatic rings. The molecule has 0 radical (unpaired) electrons. The second-order valence-corrected chi connectivity index (χ2v) is 5.29. The van der Waals surface area contributed by atoms with Crippen molar-refractivity contribution in [3.05, 3.63) is 59.9 Å². The van der Waals surface area contributed by atoms with E-state index in [0.29, 0.717) is 17.7 Å². The number of amides is 2. The molecule has 0 unspecified atom stereocenters. The maximum absolute atomic E-state index is 12.2. The molecule has 0 fully saturated rings. The van der Waals surface area contributed by atoms with E-state index in [9.17, 15) is 9.59 Å². The normalized spacial score (nSPS) is 13.8. The van der Waals surface area contributed by atoms with Crippen LogP contribution in [0.2, 0.25) is 0 Å². The van der Waals surface area contributed by atoms with Gasteiger partial charge in [-0.25, -0.2) is 0 Å². The Bertz CT molecular complexity index is 612. The van der Waals surface area contributed by atoms with Crippen molar-refractivity contribution in [1.82, 2.24) is 9.47 Å². The number of carbonyl (C=O) groups excluding carboxylic acids is 2. The standard InChI is InChI=1S/C17H18N2O2/c20-16-14-8-2-3-9-15(14)17(21)19(16)13-5-1-4-10-18-11-6-7-12-18/h2-3,6-9,11-12H,1,4-5,10,13H2. The first kappa shape index (κ1) is 13.6. The van der Waals surface area contributed by atoms with Gasteiger partial charge in [0, 0.05) is 25.5 Å². The minimum atomic E-state index is -0.152. The number of hydrogen-bond donors (Lipinski definition) is 0. The fourth-order valence-electron chi connectivity index (χ4n) is 2.70. The molecule has 21 heavy (non-hydrogen) atoms. The Kier molecular flexibility index (Phi) is 3.86. The van der Waals surface area contributed by atoms with Crippen LogP contribution in [0.25, 0.3) is 0 Å². The first-order chi connectivity index (χ1) is 10.3. The summed E-state index contributed by atoms with van der Waals surface area (Å²) in [5, 5.41) is 0. The van der Waals surface area contributed by atoms with Crippen molar-refractivity contribution in [3.8, 4) is 0 Å². The fraction of sp³-hybridized carbons (Fsp3) is 0.294. The zero-order valence-electron chi connectivity index (χ0n) is 11.9. The Labute approximate surface area is 124 Å². The van der Waals surface area contributed by atoms with E-state index < -0.39 is 0 Å². The minimum absolute atomic E-state index is 0.152. The highest BCUT2D eigenvalue weighted by Gasteiger charge is 2.34. The number of nitrogens with zero attached hydrogens (tertiary/aromatic N) is 2. The first-order valence-electron chi connectivity index (χ1n) is 7.33. The van der Waals surface area contributed by atoms with Gasteiger partial charge in [0.15, 0.2) is 0 Å². The van der Waals surface area contributed by atoms with Crippen LogP contribution in [-0.4, -0.2) is 27.8 Å². The number of carbonyl (C=O) groups is 2. The molecule has 0 saturated carbocycles. The molecule has 0 saturated heterocycles. The maximum Gasteiger partial charge on any atom is 0.261 e. The Balaban J connectivity index is 1.48. The second-order valence-electron chi connectivity index (χ2n) is 5.29. The van der Waals surface area contributed by atoms with Gasteiger partial charge in [0.05, 0.1) is 11.1 Å². The molecule has 0 N–H and O–H groups in total. The molecular weight excluding hydrogens is 264 g/mol. The van der Waals surface area contributed by atoms with Crippen molar-refractivity contribution >= 4 is 11.8 Å². The number of hydrogen-bond acceptors (Lipinski definition) is 2. The molecule has 4 nitrogen and oxygen atoms in total. The summed E-state index contributed by atoms with van der Waals surface area (Å²) in [7, 11) is 0. The van der Waals surface area contributed by atoms with Crippen molar-refractivity contribution in [2.24, 2.45) is 0 Å². The summed E-state index contributed by atoms with van der Waals surface area (Å²) in [6.45, 7) is 1.49. The SMILES string of the molecule is O=C1c2ccccc2C(=O)N1CCCCCn1cccc1. The Morgan fingerprint density at radius 1 is 0.714 bits per heavy atom. The average Bonchev–Trinajstić information content (AvgIpc) is 3.10. The van der Waals surface area contributed by atoms with Crippen LogP contribution in [0.1, 0.15) is 40.0 Å². The van der Waals surface area contributed by atoms with Gasteiger partial charge in [0.2, 0.25) is 0 Å². The Morgan fingerprint density at radius 3 is 1.90 bits per heavy atom. The molecule has 0 aliphatic carbocycles. The average molecular weight is 282 g/mol. The van der Waals surface area contributed by atoms with E-state index in [1.54, 1.807) is 24.3 Å². The van der Waals surface area contributed by atoms with Gasteiger partial charge in [-0.3, -0.25) is 14.5 Å². The van der Waals surface area contributed by atoms with E-state index in [2.05, 4.69) is 4.57 Å². The predicted molar refractivity (Wildman–Crippen MR) is 80.1 cm³/mol. The van der Waals surface area contributed by atoms with Crippen LogP contribution in [0.4, 0.5) is 0 Å². The molecule has 0 bridgehead atoms. The van der Waals surface area contributed by atoms with Crippen LogP contribution in [0.15, 0.2) is 48.8 Å². The lowest BCUT2D eigenvalue weighted by atomic mass is 10.1. The molecule has 4 heteroatoms. The molecule has 0 spiro atoms. The summed E-state index contributed by atoms with van der Waals surface area (Å²) in [6.07, 6.45) is 7.00. The first-order valence-corrected chi connectivity index (χ1v) is 7.33. The van der Waals surface area contributed by atoms with E-state index in [-0.39, 0.29) is 11.8 Å². The zero-order chi connectivity index (χ0) is 14.7. The van der Waals surface area contributed by atoms with Crippen molar-refractivity contribution in [2.45, 2.75) is 25.8 Å². The van der Waals surface area contributed by atoms with Gasteiger partial charge in [0.1, 0.15) is 0 Å². The Morgan fingerprint density at radius 2 is 1.29 bits per heavy atom. The van der Waals surface area contributed by atoms with E-state index in [1.807, 2.05) is 24.5 Å². The highest BCUT2D eigenvalue weighted by Crippen LogP contribution is 2.22. The zero-order valence-corrected chi connectivity index (χ0v) is 11.9.